The molecule has 1 aliphatic heterocycles. The fraction of sp³-hybridized carbons (Fsp3) is 0.0521. The number of fused-ring (bicyclic) bond motifs is 8. The summed E-state index contributed by atoms with van der Waals surface area (Å²) >= 11 is 0. The van der Waals surface area contributed by atoms with Gasteiger partial charge in [-0.2, -0.15) is 20.4 Å². The Morgan fingerprint density at radius 2 is 0.692 bits per heavy atom. The highest BCUT2D eigenvalue weighted by Crippen LogP contribution is 2.40. The third-order valence-electron chi connectivity index (χ3n) is 22.6. The number of nitrogens with zero attached hydrogens (tertiary/aromatic N) is 22. The molecule has 21 heterocycles. The van der Waals surface area contributed by atoms with Crippen LogP contribution in [-0.4, -0.2) is 169 Å². The van der Waals surface area contributed by atoms with Crippen molar-refractivity contribution >= 4 is 94.0 Å². The van der Waals surface area contributed by atoms with Gasteiger partial charge in [0.1, 0.15) is 63.4 Å². The molecule has 0 unspecified atom stereocenters. The van der Waals surface area contributed by atoms with E-state index < -0.39 is 5.92 Å². The molecule has 0 atom stereocenters. The SMILES string of the molecule is Fc1ccc(-c2cncc3[nH]c(-c4[nH]nc5ncc(-c6cncc(CN7CCC(F)(F)C7)c6)cc45)nc23)cc1.Fc1ccc(-c2cncc3[nH]c(-c4[nH]nc5ncc(-c6cncnc6)cc45)nc23)cc1.Fc1ccccc1-c1cncc2[nH]c(-c3[nH]nc4ncc(-c5cccnc5)cc34)nc12.Nc1cncc(-c2cnc3n[nH]c(-c4nc5c(-c6ccccc6F)cncc5[nH]4)c3c2)c1. The van der Waals surface area contributed by atoms with Gasteiger partial charge in [-0.15, -0.1) is 0 Å². The number of nitrogen functional groups attached to an aromatic ring is 1. The molecule has 37 heteroatoms. The summed E-state index contributed by atoms with van der Waals surface area (Å²) in [6, 6.07) is 41.2. The van der Waals surface area contributed by atoms with Gasteiger partial charge < -0.3 is 25.7 Å². The summed E-state index contributed by atoms with van der Waals surface area (Å²) in [7, 11) is 0. The van der Waals surface area contributed by atoms with Crippen LogP contribution in [0.25, 0.3) is 223 Å². The molecular formula is C96H63F6N31. The van der Waals surface area contributed by atoms with Crippen molar-refractivity contribution in [2.75, 3.05) is 18.8 Å². The van der Waals surface area contributed by atoms with Crippen molar-refractivity contribution < 1.29 is 26.3 Å². The van der Waals surface area contributed by atoms with Crippen LogP contribution in [0.2, 0.25) is 0 Å². The molecule has 0 spiro atoms. The topological polar surface area (TPSA) is 426 Å². The quantitative estimate of drug-likeness (QED) is 0.0457. The Bertz CT molecular complexity index is 8510. The molecule has 24 aromatic rings. The van der Waals surface area contributed by atoms with Gasteiger partial charge in [-0.3, -0.25) is 60.2 Å². The third kappa shape index (κ3) is 15.9. The van der Waals surface area contributed by atoms with Gasteiger partial charge in [0, 0.05) is 197 Å². The monoisotopic (exact) mass is 1760 g/mol. The zero-order valence-electron chi connectivity index (χ0n) is 69.0. The van der Waals surface area contributed by atoms with Crippen LogP contribution in [-0.2, 0) is 6.54 Å². The Morgan fingerprint density at radius 1 is 0.323 bits per heavy atom. The van der Waals surface area contributed by atoms with E-state index in [1.807, 2.05) is 48.5 Å². The standard InChI is InChI=1S/C28H21F3N8.C23H15FN8.C23H14FN7.C22H13FN8/c29-20-3-1-17(2-4-20)22-12-33-13-23-24(22)36-27(35-23)25-21-8-19(11-34-26(21)38-37-25)18-7-16(9-32-10-18)14-39-6-5-28(30,31)15-39;24-18-4-2-1-3-15(18)17-10-27-11-19-20(17)30-23(29-19)21-16-6-13(8-28-22(16)32-31-21)12-5-14(25)9-26-7-12;24-18-6-2-1-5-15(18)17-11-26-12-19-20(17)29-23(28-19)21-16-8-14(10-27-22(16)31-30-21)13-4-3-7-25-9-13;23-15-3-1-12(2-4-15)17-9-24-10-18-19(17)29-22(28-18)20-16-5-13(8-27-21(16)31-30-20)14-6-25-11-26-7-14/h1-4,7-13H,5-6,14-15H2,(H,35,36)(H,34,37,38);1-11H,25H2,(H,29,30)(H,28,31,32);1-12H,(H,28,29)(H,27,30,31);1-11H,(H,28,29)(H,27,30,31). The summed E-state index contributed by atoms with van der Waals surface area (Å²) in [6.45, 7) is 0.532. The van der Waals surface area contributed by atoms with Gasteiger partial charge in [-0.05, 0) is 95.6 Å². The number of anilines is 1. The summed E-state index contributed by atoms with van der Waals surface area (Å²) in [5.74, 6) is -1.59. The molecule has 31 nitrogen and oxygen atoms in total. The smallest absolute Gasteiger partial charge is 0.261 e. The molecule has 1 fully saturated rings. The Kier molecular flexibility index (Phi) is 20.5. The molecule has 644 valence electrons. The number of hydrogen-bond donors (Lipinski definition) is 9. The van der Waals surface area contributed by atoms with Crippen molar-refractivity contribution in [2.24, 2.45) is 0 Å². The van der Waals surface area contributed by atoms with Gasteiger partial charge in [0.15, 0.2) is 45.9 Å². The van der Waals surface area contributed by atoms with E-state index in [0.717, 1.165) is 110 Å². The van der Waals surface area contributed by atoms with Gasteiger partial charge in [0.05, 0.1) is 91.7 Å². The lowest BCUT2D eigenvalue weighted by molar-refractivity contribution is 0.0115. The summed E-state index contributed by atoms with van der Waals surface area (Å²) < 4.78 is 82.9. The Hall–Kier alpha value is -18.3. The number of benzene rings is 4. The number of halogens is 6. The van der Waals surface area contributed by atoms with E-state index in [0.29, 0.717) is 137 Å². The normalized spacial score (nSPS) is 12.6. The lowest BCUT2D eigenvalue weighted by Crippen LogP contribution is -2.24. The first-order valence-electron chi connectivity index (χ1n) is 41.3. The zero-order chi connectivity index (χ0) is 89.8. The number of likely N-dealkylation sites (tertiary alicyclic amines) is 1. The van der Waals surface area contributed by atoms with E-state index in [1.165, 1.54) is 42.7 Å². The summed E-state index contributed by atoms with van der Waals surface area (Å²) in [6.07, 6.45) is 35.5. The molecule has 0 radical (unpaired) electrons. The number of H-pyrrole nitrogens is 8. The average molecular weight is 1760 g/mol. The van der Waals surface area contributed by atoms with Crippen LogP contribution in [0.3, 0.4) is 0 Å². The van der Waals surface area contributed by atoms with E-state index in [2.05, 4.69) is 126 Å². The number of pyridine rings is 11. The molecular weight excluding hydrogens is 1700 g/mol. The highest BCUT2D eigenvalue weighted by Gasteiger charge is 2.38. The molecule has 1 aliphatic rings. The zero-order valence-corrected chi connectivity index (χ0v) is 69.0. The molecule has 10 N–H and O–H groups in total. The van der Waals surface area contributed by atoms with Crippen molar-refractivity contribution in [1.82, 2.24) is 150 Å². The Labute approximate surface area is 744 Å². The Balaban J connectivity index is 0.000000104. The second-order valence-corrected chi connectivity index (χ2v) is 31.2. The van der Waals surface area contributed by atoms with Crippen LogP contribution >= 0.6 is 0 Å². The minimum Gasteiger partial charge on any atom is -0.397 e. The minimum atomic E-state index is -2.63. The largest absolute Gasteiger partial charge is 0.397 e. The van der Waals surface area contributed by atoms with Crippen LogP contribution in [0.4, 0.5) is 32.0 Å². The highest BCUT2D eigenvalue weighted by molar-refractivity contribution is 6.02. The first-order valence-corrected chi connectivity index (χ1v) is 41.3. The van der Waals surface area contributed by atoms with Crippen LogP contribution in [0, 0.1) is 23.3 Å². The molecule has 0 aliphatic carbocycles. The second-order valence-electron chi connectivity index (χ2n) is 31.2. The van der Waals surface area contributed by atoms with Crippen LogP contribution in [0.15, 0.2) is 276 Å². The molecule has 1 saturated heterocycles. The third-order valence-corrected chi connectivity index (χ3v) is 22.6. The maximum absolute atomic E-state index is 14.4. The first kappa shape index (κ1) is 80.5. The van der Waals surface area contributed by atoms with Gasteiger partial charge in [0.2, 0.25) is 0 Å². The molecule has 0 amide bonds. The maximum Gasteiger partial charge on any atom is 0.261 e. The second kappa shape index (κ2) is 33.8. The van der Waals surface area contributed by atoms with Crippen LogP contribution in [0.1, 0.15) is 12.0 Å². The van der Waals surface area contributed by atoms with Crippen molar-refractivity contribution in [3.63, 3.8) is 0 Å². The van der Waals surface area contributed by atoms with Crippen molar-refractivity contribution in [2.45, 2.75) is 18.9 Å². The van der Waals surface area contributed by atoms with E-state index in [4.69, 9.17) is 25.7 Å². The van der Waals surface area contributed by atoms with E-state index in [-0.39, 0.29) is 36.2 Å². The molecule has 133 heavy (non-hydrogen) atoms. The molecule has 25 rings (SSSR count). The van der Waals surface area contributed by atoms with Gasteiger partial charge in [-0.25, -0.2) is 76.2 Å². The van der Waals surface area contributed by atoms with Crippen molar-refractivity contribution in [3.8, 4) is 135 Å². The fourth-order valence-electron chi connectivity index (χ4n) is 16.1. The van der Waals surface area contributed by atoms with E-state index in [9.17, 15) is 26.3 Å². The van der Waals surface area contributed by atoms with Crippen LogP contribution < -0.4 is 5.73 Å². The number of alkyl halides is 2. The number of hydrogen-bond acceptors (Lipinski definition) is 23. The van der Waals surface area contributed by atoms with E-state index in [1.54, 1.807) is 190 Å². The van der Waals surface area contributed by atoms with Gasteiger partial charge in [-0.1, -0.05) is 66.7 Å². The number of aromatic amines is 8. The Morgan fingerprint density at radius 3 is 1.10 bits per heavy atom. The maximum atomic E-state index is 14.4. The predicted octanol–water partition coefficient (Wildman–Crippen LogP) is 18.9. The minimum absolute atomic E-state index is 0.118. The number of rotatable bonds is 14. The molecule has 4 aromatic carbocycles. The molecule has 0 bridgehead atoms. The van der Waals surface area contributed by atoms with Crippen molar-refractivity contribution in [3.05, 3.63) is 305 Å². The highest BCUT2D eigenvalue weighted by atomic mass is 19.3. The summed E-state index contributed by atoms with van der Waals surface area (Å²) in [5, 5.41) is 32.5. The molecule has 20 aromatic heterocycles. The van der Waals surface area contributed by atoms with Gasteiger partial charge >= 0.3 is 0 Å². The lowest BCUT2D eigenvalue weighted by Gasteiger charge is -2.15. The number of nitrogens with two attached hydrogens (primary N) is 1. The number of imidazole rings is 4. The average Bonchev–Trinajstić information content (AvgIpc) is 1.63. The molecule has 0 saturated carbocycles. The lowest BCUT2D eigenvalue weighted by atomic mass is 10.1. The van der Waals surface area contributed by atoms with Gasteiger partial charge in [0.25, 0.3) is 5.92 Å². The summed E-state index contributed by atoms with van der Waals surface area (Å²) in [4.78, 5) is 89.8. The fourth-order valence-corrected chi connectivity index (χ4v) is 16.1. The number of aromatic nitrogens is 29. The first-order chi connectivity index (χ1) is 65.1. The van der Waals surface area contributed by atoms with Crippen molar-refractivity contribution in [1.29, 1.82) is 0 Å². The number of nitrogens with one attached hydrogen (secondary N) is 8. The summed E-state index contributed by atoms with van der Waals surface area (Å²) in [5.41, 5.74) is 30.1. The van der Waals surface area contributed by atoms with E-state index >= 15 is 0 Å². The predicted molar refractivity (Wildman–Crippen MR) is 489 cm³/mol. The van der Waals surface area contributed by atoms with Crippen LogP contribution in [0.5, 0.6) is 0 Å².